The number of halogens is 1. The van der Waals surface area contributed by atoms with Crippen LogP contribution in [0.4, 0.5) is 0 Å². The van der Waals surface area contributed by atoms with E-state index in [-0.39, 0.29) is 21.9 Å². The zero-order chi connectivity index (χ0) is 12.1. The maximum atomic E-state index is 11.5. The summed E-state index contributed by atoms with van der Waals surface area (Å²) >= 11 is 6.56. The van der Waals surface area contributed by atoms with Crippen LogP contribution in [0.25, 0.3) is 0 Å². The summed E-state index contributed by atoms with van der Waals surface area (Å²) in [5, 5.41) is 19.5. The molecule has 0 fully saturated rings. The molecule has 16 heavy (non-hydrogen) atoms. The summed E-state index contributed by atoms with van der Waals surface area (Å²) in [5.41, 5.74) is 0. The lowest BCUT2D eigenvalue weighted by molar-refractivity contribution is 0.0899. The monoisotopic (exact) mass is 263 g/mol. The third-order valence-corrected chi connectivity index (χ3v) is 2.85. The maximum absolute atomic E-state index is 11.5. The number of carbonyl (C=O) groups excluding carboxylic acids is 1. The molecule has 0 aliphatic rings. The molecule has 1 amide bonds. The number of nitrogens with one attached hydrogen (secondary N) is 1. The largest absolute Gasteiger partial charge is 0.391 e. The van der Waals surface area contributed by atoms with E-state index in [4.69, 9.17) is 11.6 Å². The van der Waals surface area contributed by atoms with Gasteiger partial charge >= 0.3 is 0 Å². The van der Waals surface area contributed by atoms with Crippen LogP contribution in [0.3, 0.4) is 0 Å². The summed E-state index contributed by atoms with van der Waals surface area (Å²) < 4.78 is 0.230. The van der Waals surface area contributed by atoms with E-state index >= 15 is 0 Å². The molecule has 1 rings (SSSR count). The summed E-state index contributed by atoms with van der Waals surface area (Å²) in [5.74, 6) is 0.0371. The summed E-state index contributed by atoms with van der Waals surface area (Å²) in [6.07, 6.45) is 0.115. The molecule has 0 saturated carbocycles. The first-order valence-corrected chi connectivity index (χ1v) is 6.13. The number of amides is 1. The quantitative estimate of drug-likeness (QED) is 0.840. The van der Waals surface area contributed by atoms with Crippen LogP contribution < -0.4 is 5.32 Å². The Bertz CT molecular complexity index is 356. The fourth-order valence-corrected chi connectivity index (χ4v) is 1.96. The van der Waals surface area contributed by atoms with Crippen molar-refractivity contribution < 1.29 is 9.90 Å². The van der Waals surface area contributed by atoms with Crippen molar-refractivity contribution >= 4 is 28.8 Å². The Labute approximate surface area is 103 Å². The van der Waals surface area contributed by atoms with Crippen LogP contribution in [0.2, 0.25) is 4.47 Å². The average molecular weight is 264 g/mol. The first-order chi connectivity index (χ1) is 7.49. The van der Waals surface area contributed by atoms with Gasteiger partial charge in [0.1, 0.15) is 0 Å². The summed E-state index contributed by atoms with van der Waals surface area (Å²) in [4.78, 5) is 11.5. The lowest BCUT2D eigenvalue weighted by Gasteiger charge is -2.12. The van der Waals surface area contributed by atoms with Crippen molar-refractivity contribution in [1.29, 1.82) is 0 Å². The van der Waals surface area contributed by atoms with Gasteiger partial charge in [0.05, 0.1) is 6.10 Å². The van der Waals surface area contributed by atoms with E-state index in [2.05, 4.69) is 15.5 Å². The zero-order valence-corrected chi connectivity index (χ0v) is 10.7. The van der Waals surface area contributed by atoms with Crippen LogP contribution in [0.5, 0.6) is 0 Å². The highest BCUT2D eigenvalue weighted by molar-refractivity contribution is 7.17. The molecule has 0 radical (unpaired) electrons. The third-order valence-electron chi connectivity index (χ3n) is 1.84. The molecule has 7 heteroatoms. The van der Waals surface area contributed by atoms with Gasteiger partial charge in [0.25, 0.3) is 5.91 Å². The molecule has 1 atom stereocenters. The SMILES string of the molecule is CC(C)CC(O)CNC(=O)c1nnc(Cl)s1. The van der Waals surface area contributed by atoms with Gasteiger partial charge in [0.15, 0.2) is 0 Å². The van der Waals surface area contributed by atoms with E-state index in [0.717, 1.165) is 11.3 Å². The Morgan fingerprint density at radius 2 is 2.25 bits per heavy atom. The summed E-state index contributed by atoms with van der Waals surface area (Å²) in [6, 6.07) is 0. The first kappa shape index (κ1) is 13.3. The summed E-state index contributed by atoms with van der Waals surface area (Å²) in [7, 11) is 0. The van der Waals surface area contributed by atoms with Crippen LogP contribution in [-0.4, -0.2) is 33.9 Å². The molecule has 0 aromatic carbocycles. The Morgan fingerprint density at radius 1 is 1.56 bits per heavy atom. The number of aliphatic hydroxyl groups excluding tert-OH is 1. The van der Waals surface area contributed by atoms with Gasteiger partial charge in [-0.25, -0.2) is 0 Å². The van der Waals surface area contributed by atoms with Crippen molar-refractivity contribution in [3.05, 3.63) is 9.47 Å². The molecule has 0 aliphatic carbocycles. The van der Waals surface area contributed by atoms with Crippen LogP contribution in [0.15, 0.2) is 0 Å². The molecule has 0 bridgehead atoms. The Kier molecular flexibility index (Phi) is 5.11. The van der Waals surface area contributed by atoms with E-state index in [1.807, 2.05) is 13.8 Å². The lowest BCUT2D eigenvalue weighted by Crippen LogP contribution is -2.32. The maximum Gasteiger partial charge on any atom is 0.282 e. The average Bonchev–Trinajstić information content (AvgIpc) is 2.60. The fourth-order valence-electron chi connectivity index (χ4n) is 1.21. The van der Waals surface area contributed by atoms with E-state index in [9.17, 15) is 9.90 Å². The smallest absolute Gasteiger partial charge is 0.282 e. The van der Waals surface area contributed by atoms with Gasteiger partial charge in [0.2, 0.25) is 9.47 Å². The van der Waals surface area contributed by atoms with Gasteiger partial charge in [-0.2, -0.15) is 0 Å². The molecule has 1 aromatic rings. The Balaban J connectivity index is 2.35. The zero-order valence-electron chi connectivity index (χ0n) is 9.11. The minimum atomic E-state index is -0.535. The van der Waals surface area contributed by atoms with Gasteiger partial charge in [0, 0.05) is 6.54 Å². The highest BCUT2D eigenvalue weighted by atomic mass is 35.5. The Hall–Kier alpha value is -0.720. The van der Waals surface area contributed by atoms with Crippen LogP contribution in [0.1, 0.15) is 30.1 Å². The van der Waals surface area contributed by atoms with Gasteiger partial charge in [-0.1, -0.05) is 25.2 Å². The van der Waals surface area contributed by atoms with E-state index < -0.39 is 6.10 Å². The number of rotatable bonds is 5. The van der Waals surface area contributed by atoms with E-state index in [1.165, 1.54) is 0 Å². The van der Waals surface area contributed by atoms with Crippen LogP contribution in [0, 0.1) is 5.92 Å². The molecule has 0 spiro atoms. The normalized spacial score (nSPS) is 12.8. The molecule has 0 aliphatic heterocycles. The highest BCUT2D eigenvalue weighted by Gasteiger charge is 2.13. The van der Waals surface area contributed by atoms with Crippen LogP contribution in [-0.2, 0) is 0 Å². The third kappa shape index (κ3) is 4.42. The first-order valence-electron chi connectivity index (χ1n) is 4.94. The molecule has 0 saturated heterocycles. The Morgan fingerprint density at radius 3 is 2.75 bits per heavy atom. The number of aliphatic hydroxyl groups is 1. The van der Waals surface area contributed by atoms with Gasteiger partial charge in [-0.15, -0.1) is 10.2 Å². The van der Waals surface area contributed by atoms with Gasteiger partial charge in [-0.3, -0.25) is 4.79 Å². The fraction of sp³-hybridized carbons (Fsp3) is 0.667. The van der Waals surface area contributed by atoms with E-state index in [0.29, 0.717) is 12.3 Å². The lowest BCUT2D eigenvalue weighted by atomic mass is 10.1. The molecule has 1 aromatic heterocycles. The molecular formula is C9H14ClN3O2S. The van der Waals surface area contributed by atoms with E-state index in [1.54, 1.807) is 0 Å². The molecule has 1 unspecified atom stereocenters. The van der Waals surface area contributed by atoms with Crippen molar-refractivity contribution in [3.63, 3.8) is 0 Å². The van der Waals surface area contributed by atoms with Gasteiger partial charge < -0.3 is 10.4 Å². The standard InChI is InChI=1S/C9H14ClN3O2S/c1-5(2)3-6(14)4-11-7(15)8-12-13-9(10)16-8/h5-6,14H,3-4H2,1-2H3,(H,11,15). The minimum Gasteiger partial charge on any atom is -0.391 e. The minimum absolute atomic E-state index is 0.210. The van der Waals surface area contributed by atoms with Crippen molar-refractivity contribution in [2.24, 2.45) is 5.92 Å². The number of hydrogen-bond acceptors (Lipinski definition) is 5. The molecule has 90 valence electrons. The topological polar surface area (TPSA) is 75.1 Å². The van der Waals surface area contributed by atoms with Gasteiger partial charge in [-0.05, 0) is 23.9 Å². The molecular weight excluding hydrogens is 250 g/mol. The predicted molar refractivity (Wildman–Crippen MR) is 62.7 cm³/mol. The van der Waals surface area contributed by atoms with Crippen molar-refractivity contribution in [2.45, 2.75) is 26.4 Å². The summed E-state index contributed by atoms with van der Waals surface area (Å²) in [6.45, 7) is 4.24. The van der Waals surface area contributed by atoms with Crippen molar-refractivity contribution in [3.8, 4) is 0 Å². The second-order valence-electron chi connectivity index (χ2n) is 3.85. The highest BCUT2D eigenvalue weighted by Crippen LogP contribution is 2.14. The predicted octanol–water partition coefficient (Wildman–Crippen LogP) is 1.33. The number of nitrogens with zero attached hydrogens (tertiary/aromatic N) is 2. The number of carbonyl (C=O) groups is 1. The molecule has 2 N–H and O–H groups in total. The number of aromatic nitrogens is 2. The number of hydrogen-bond donors (Lipinski definition) is 2. The second kappa shape index (κ2) is 6.12. The molecule has 5 nitrogen and oxygen atoms in total. The van der Waals surface area contributed by atoms with Crippen molar-refractivity contribution in [2.75, 3.05) is 6.54 Å². The second-order valence-corrected chi connectivity index (χ2v) is 5.41. The van der Waals surface area contributed by atoms with Crippen molar-refractivity contribution in [1.82, 2.24) is 15.5 Å². The molecule has 1 heterocycles. The van der Waals surface area contributed by atoms with Crippen LogP contribution >= 0.6 is 22.9 Å².